The molecule has 0 atom stereocenters. The summed E-state index contributed by atoms with van der Waals surface area (Å²) >= 11 is 1.48. The highest BCUT2D eigenvalue weighted by Gasteiger charge is 1.95. The first-order valence-electron chi connectivity index (χ1n) is 4.25. The summed E-state index contributed by atoms with van der Waals surface area (Å²) in [5, 5.41) is 8.38. The molecule has 0 saturated heterocycles. The van der Waals surface area contributed by atoms with E-state index >= 15 is 0 Å². The molecule has 1 heterocycles. The second kappa shape index (κ2) is 7.68. The minimum Gasteiger partial charge on any atom is -0.313 e. The third-order valence-electron chi connectivity index (χ3n) is 1.30. The van der Waals surface area contributed by atoms with Crippen LogP contribution in [-0.2, 0) is 0 Å². The minimum absolute atomic E-state index is 0.153. The van der Waals surface area contributed by atoms with Crippen molar-refractivity contribution < 1.29 is 4.79 Å². The van der Waals surface area contributed by atoms with Gasteiger partial charge in [-0.15, -0.1) is 11.3 Å². The second-order valence-electron chi connectivity index (χ2n) is 2.53. The molecular weight excluding hydrogens is 182 g/mol. The van der Waals surface area contributed by atoms with Gasteiger partial charge in [0, 0.05) is 0 Å². The number of thiophene rings is 1. The Bertz CT molecular complexity index is 241. The monoisotopic (exact) mass is 197 g/mol. The molecule has 0 amide bonds. The number of rotatable bonds is 3. The summed E-state index contributed by atoms with van der Waals surface area (Å²) in [6, 6.07) is 3.70. The number of unbranched alkanes of at least 4 members (excludes halogenated alkanes) is 1. The maximum absolute atomic E-state index is 10.5. The fourth-order valence-corrected chi connectivity index (χ4v) is 1.25. The van der Waals surface area contributed by atoms with E-state index in [9.17, 15) is 4.79 Å². The van der Waals surface area contributed by atoms with Gasteiger partial charge in [0.05, 0.1) is 4.88 Å². The van der Waals surface area contributed by atoms with Gasteiger partial charge in [-0.1, -0.05) is 19.4 Å². The first kappa shape index (κ1) is 12.0. The van der Waals surface area contributed by atoms with Crippen LogP contribution in [0.2, 0.25) is 0 Å². The van der Waals surface area contributed by atoms with Crippen LogP contribution in [0, 0.1) is 5.41 Å². The summed E-state index contributed by atoms with van der Waals surface area (Å²) in [5.41, 5.74) is 0. The standard InChI is InChI=1S/C6H6OS.C4H9N/c1-5(7)6-3-2-4-8-6;1-2-3-4-5/h2-4H,1H3;4-5H,2-3H2,1H3. The van der Waals surface area contributed by atoms with Crippen molar-refractivity contribution >= 4 is 23.3 Å². The van der Waals surface area contributed by atoms with Crippen LogP contribution in [-0.4, -0.2) is 12.0 Å². The van der Waals surface area contributed by atoms with E-state index in [1.807, 2.05) is 17.5 Å². The van der Waals surface area contributed by atoms with Gasteiger partial charge in [0.1, 0.15) is 0 Å². The number of ketones is 1. The number of carbonyl (C=O) groups excluding carboxylic acids is 1. The molecule has 1 N–H and O–H groups in total. The van der Waals surface area contributed by atoms with Gasteiger partial charge in [0.25, 0.3) is 0 Å². The molecule has 0 radical (unpaired) electrons. The van der Waals surface area contributed by atoms with E-state index in [2.05, 4.69) is 6.92 Å². The normalized spacial score (nSPS) is 8.46. The van der Waals surface area contributed by atoms with Crippen LogP contribution in [0.3, 0.4) is 0 Å². The van der Waals surface area contributed by atoms with Gasteiger partial charge in [0.2, 0.25) is 0 Å². The summed E-state index contributed by atoms with van der Waals surface area (Å²) in [5.74, 6) is 0.153. The highest BCUT2D eigenvalue weighted by atomic mass is 32.1. The summed E-state index contributed by atoms with van der Waals surface area (Å²) in [7, 11) is 0. The van der Waals surface area contributed by atoms with Crippen molar-refractivity contribution in [3.63, 3.8) is 0 Å². The lowest BCUT2D eigenvalue weighted by Crippen LogP contribution is -1.83. The Balaban J connectivity index is 0.000000252. The largest absolute Gasteiger partial charge is 0.313 e. The maximum atomic E-state index is 10.5. The van der Waals surface area contributed by atoms with Crippen molar-refractivity contribution in [1.82, 2.24) is 0 Å². The van der Waals surface area contributed by atoms with E-state index in [1.165, 1.54) is 17.6 Å². The first-order valence-corrected chi connectivity index (χ1v) is 5.13. The summed E-state index contributed by atoms with van der Waals surface area (Å²) in [6.45, 7) is 3.64. The van der Waals surface area contributed by atoms with Crippen molar-refractivity contribution in [2.45, 2.75) is 26.7 Å². The Hall–Kier alpha value is -0.960. The van der Waals surface area contributed by atoms with E-state index in [0.29, 0.717) is 0 Å². The fraction of sp³-hybridized carbons (Fsp3) is 0.400. The maximum Gasteiger partial charge on any atom is 0.169 e. The molecule has 0 aliphatic carbocycles. The van der Waals surface area contributed by atoms with E-state index in [1.54, 1.807) is 6.92 Å². The summed E-state index contributed by atoms with van der Waals surface area (Å²) < 4.78 is 0. The predicted octanol–water partition coefficient (Wildman–Crippen LogP) is 3.39. The van der Waals surface area contributed by atoms with Crippen LogP contribution in [0.1, 0.15) is 36.4 Å². The molecule has 3 heteroatoms. The number of Topliss-reactive ketones (excluding diaryl/α,β-unsaturated/α-hetero) is 1. The average Bonchev–Trinajstić information content (AvgIpc) is 2.58. The molecule has 0 aliphatic rings. The van der Waals surface area contributed by atoms with Crippen molar-refractivity contribution in [2.75, 3.05) is 0 Å². The first-order chi connectivity index (χ1) is 6.22. The van der Waals surface area contributed by atoms with Gasteiger partial charge < -0.3 is 5.41 Å². The summed E-state index contributed by atoms with van der Waals surface area (Å²) in [6.07, 6.45) is 3.46. The van der Waals surface area contributed by atoms with Gasteiger partial charge in [-0.05, 0) is 31.0 Å². The summed E-state index contributed by atoms with van der Waals surface area (Å²) in [4.78, 5) is 11.4. The Morgan fingerprint density at radius 3 is 2.54 bits per heavy atom. The van der Waals surface area contributed by atoms with Crippen molar-refractivity contribution in [2.24, 2.45) is 0 Å². The lowest BCUT2D eigenvalue weighted by Gasteiger charge is -1.79. The quantitative estimate of drug-likeness (QED) is 0.585. The molecule has 0 aromatic carbocycles. The zero-order valence-corrected chi connectivity index (χ0v) is 8.86. The molecule has 0 bridgehead atoms. The Labute approximate surface area is 83.1 Å². The highest BCUT2D eigenvalue weighted by Crippen LogP contribution is 2.07. The molecule has 72 valence electrons. The van der Waals surface area contributed by atoms with Gasteiger partial charge >= 0.3 is 0 Å². The molecular formula is C10H15NOS. The second-order valence-corrected chi connectivity index (χ2v) is 3.47. The third kappa shape index (κ3) is 6.22. The fourth-order valence-electron chi connectivity index (χ4n) is 0.623. The van der Waals surface area contributed by atoms with Crippen LogP contribution in [0.5, 0.6) is 0 Å². The van der Waals surface area contributed by atoms with Crippen LogP contribution >= 0.6 is 11.3 Å². The van der Waals surface area contributed by atoms with Gasteiger partial charge in [0.15, 0.2) is 5.78 Å². The Morgan fingerprint density at radius 2 is 2.38 bits per heavy atom. The molecule has 1 aromatic rings. The van der Waals surface area contributed by atoms with Crippen molar-refractivity contribution in [3.05, 3.63) is 22.4 Å². The molecule has 0 fully saturated rings. The predicted molar refractivity (Wildman–Crippen MR) is 58.0 cm³/mol. The molecule has 0 saturated carbocycles. The molecule has 0 unspecified atom stereocenters. The van der Waals surface area contributed by atoms with Crippen molar-refractivity contribution in [3.8, 4) is 0 Å². The van der Waals surface area contributed by atoms with Crippen LogP contribution in [0.4, 0.5) is 0 Å². The van der Waals surface area contributed by atoms with E-state index < -0.39 is 0 Å². The van der Waals surface area contributed by atoms with Gasteiger partial charge in [-0.2, -0.15) is 0 Å². The topological polar surface area (TPSA) is 40.9 Å². The lowest BCUT2D eigenvalue weighted by molar-refractivity contribution is 0.102. The van der Waals surface area contributed by atoms with Gasteiger partial charge in [-0.25, -0.2) is 0 Å². The minimum atomic E-state index is 0.153. The Morgan fingerprint density at radius 1 is 1.69 bits per heavy atom. The molecule has 0 aliphatic heterocycles. The molecule has 1 rings (SSSR count). The van der Waals surface area contributed by atoms with Crippen LogP contribution in [0.25, 0.3) is 0 Å². The molecule has 2 nitrogen and oxygen atoms in total. The SMILES string of the molecule is CC(=O)c1cccs1.CCCC=N. The van der Waals surface area contributed by atoms with Crippen LogP contribution in [0.15, 0.2) is 17.5 Å². The van der Waals surface area contributed by atoms with E-state index in [4.69, 9.17) is 5.41 Å². The van der Waals surface area contributed by atoms with Gasteiger partial charge in [-0.3, -0.25) is 4.79 Å². The molecule has 0 spiro atoms. The highest BCUT2D eigenvalue weighted by molar-refractivity contribution is 7.12. The molecule has 13 heavy (non-hydrogen) atoms. The number of hydrogen-bond donors (Lipinski definition) is 1. The third-order valence-corrected chi connectivity index (χ3v) is 2.27. The van der Waals surface area contributed by atoms with E-state index in [-0.39, 0.29) is 5.78 Å². The Kier molecular flexibility index (Phi) is 7.11. The number of nitrogens with one attached hydrogen (secondary N) is 1. The van der Waals surface area contributed by atoms with E-state index in [0.717, 1.165) is 17.7 Å². The number of hydrogen-bond acceptors (Lipinski definition) is 3. The zero-order valence-electron chi connectivity index (χ0n) is 8.04. The smallest absolute Gasteiger partial charge is 0.169 e. The van der Waals surface area contributed by atoms with Crippen molar-refractivity contribution in [1.29, 1.82) is 5.41 Å². The lowest BCUT2D eigenvalue weighted by atomic mass is 10.4. The number of carbonyl (C=O) groups is 1. The zero-order chi connectivity index (χ0) is 10.1. The molecule has 1 aromatic heterocycles. The average molecular weight is 197 g/mol. The van der Waals surface area contributed by atoms with Crippen LogP contribution < -0.4 is 0 Å².